The van der Waals surface area contributed by atoms with Gasteiger partial charge in [0.2, 0.25) is 20.0 Å². The predicted octanol–water partition coefficient (Wildman–Crippen LogP) is 2.89. The first kappa shape index (κ1) is 21.1. The number of sulfonamides is 2. The van der Waals surface area contributed by atoms with Crippen molar-refractivity contribution in [2.45, 2.75) is 12.5 Å². The fourth-order valence-corrected chi connectivity index (χ4v) is 3.97. The zero-order valence-electron chi connectivity index (χ0n) is 14.9. The summed E-state index contributed by atoms with van der Waals surface area (Å²) >= 11 is 0. The van der Waals surface area contributed by atoms with E-state index in [2.05, 4.69) is 16.0 Å². The van der Waals surface area contributed by atoms with Crippen LogP contribution in [-0.2, 0) is 20.0 Å². The summed E-state index contributed by atoms with van der Waals surface area (Å²) in [6.07, 6.45) is 2.07. The Labute approximate surface area is 159 Å². The number of nitrogens with one attached hydrogen (secondary N) is 2. The molecule has 2 aromatic rings. The summed E-state index contributed by atoms with van der Waals surface area (Å²) in [4.78, 5) is 0. The Morgan fingerprint density at radius 2 is 1.59 bits per heavy atom. The third kappa shape index (κ3) is 6.46. The number of anilines is 1. The lowest BCUT2D eigenvalue weighted by Gasteiger charge is -2.21. The van der Waals surface area contributed by atoms with Crippen LogP contribution in [0.15, 0.2) is 55.1 Å². The van der Waals surface area contributed by atoms with E-state index < -0.39 is 31.9 Å². The average Bonchev–Trinajstić information content (AvgIpc) is 2.52. The van der Waals surface area contributed by atoms with Gasteiger partial charge in [-0.3, -0.25) is 4.72 Å². The zero-order chi connectivity index (χ0) is 20.2. The molecule has 27 heavy (non-hydrogen) atoms. The van der Waals surface area contributed by atoms with E-state index in [4.69, 9.17) is 0 Å². The first-order chi connectivity index (χ1) is 12.5. The van der Waals surface area contributed by atoms with Gasteiger partial charge in [-0.15, -0.1) is 0 Å². The molecule has 0 heterocycles. The van der Waals surface area contributed by atoms with Crippen LogP contribution in [0.5, 0.6) is 0 Å². The lowest BCUT2D eigenvalue weighted by atomic mass is 9.95. The fourth-order valence-electron chi connectivity index (χ4n) is 2.67. The molecule has 0 radical (unpaired) electrons. The second-order valence-electron chi connectivity index (χ2n) is 6.19. The maximum absolute atomic E-state index is 14.2. The molecule has 0 saturated carbocycles. The van der Waals surface area contributed by atoms with Crippen molar-refractivity contribution in [3.05, 3.63) is 72.1 Å². The van der Waals surface area contributed by atoms with Crippen LogP contribution in [-0.4, -0.2) is 29.3 Å². The third-order valence-corrected chi connectivity index (χ3v) is 4.99. The molecule has 9 heteroatoms. The van der Waals surface area contributed by atoms with Crippen molar-refractivity contribution in [2.24, 2.45) is 0 Å². The van der Waals surface area contributed by atoms with Crippen LogP contribution in [0.4, 0.5) is 10.1 Å². The molecule has 2 N–H and O–H groups in total. The van der Waals surface area contributed by atoms with Crippen LogP contribution in [0, 0.1) is 5.82 Å². The highest BCUT2D eigenvalue weighted by atomic mass is 32.2. The number of halogens is 1. The van der Waals surface area contributed by atoms with Crippen molar-refractivity contribution in [3.63, 3.8) is 0 Å². The molecule has 0 aromatic heterocycles. The molecule has 0 aliphatic rings. The maximum atomic E-state index is 14.2. The van der Waals surface area contributed by atoms with Crippen molar-refractivity contribution < 1.29 is 21.2 Å². The van der Waals surface area contributed by atoms with Crippen LogP contribution in [0.2, 0.25) is 0 Å². The smallest absolute Gasteiger partial charge is 0.229 e. The number of rotatable bonds is 8. The Kier molecular flexibility index (Phi) is 6.40. The Morgan fingerprint density at radius 1 is 1.00 bits per heavy atom. The summed E-state index contributed by atoms with van der Waals surface area (Å²) in [5, 5.41) is 0. The molecule has 0 amide bonds. The van der Waals surface area contributed by atoms with Crippen LogP contribution in [0.25, 0.3) is 5.57 Å². The van der Waals surface area contributed by atoms with Gasteiger partial charge in [-0.25, -0.2) is 25.9 Å². The van der Waals surface area contributed by atoms with E-state index in [9.17, 15) is 21.2 Å². The highest BCUT2D eigenvalue weighted by molar-refractivity contribution is 7.92. The lowest BCUT2D eigenvalue weighted by molar-refractivity contribution is 0.543. The minimum absolute atomic E-state index is 0.0520. The highest BCUT2D eigenvalue weighted by Crippen LogP contribution is 2.32. The van der Waals surface area contributed by atoms with Gasteiger partial charge in [0.15, 0.2) is 0 Å². The molecule has 0 spiro atoms. The van der Waals surface area contributed by atoms with Crippen molar-refractivity contribution in [1.29, 1.82) is 0 Å². The van der Waals surface area contributed by atoms with Crippen molar-refractivity contribution in [2.75, 3.05) is 17.2 Å². The summed E-state index contributed by atoms with van der Waals surface area (Å²) in [5.41, 5.74) is 1.44. The number of hydrogen-bond acceptors (Lipinski definition) is 4. The first-order valence-corrected chi connectivity index (χ1v) is 11.7. The normalized spacial score (nSPS) is 13.1. The third-order valence-electron chi connectivity index (χ3n) is 3.69. The minimum atomic E-state index is -3.62. The number of benzene rings is 2. The number of hydrogen-bond donors (Lipinski definition) is 2. The molecule has 2 aromatic carbocycles. The monoisotopic (exact) mass is 412 g/mol. The highest BCUT2D eigenvalue weighted by Gasteiger charge is 2.22. The quantitative estimate of drug-likeness (QED) is 0.697. The molecule has 1 atom stereocenters. The largest absolute Gasteiger partial charge is 0.283 e. The van der Waals surface area contributed by atoms with Gasteiger partial charge in [0.1, 0.15) is 5.82 Å². The van der Waals surface area contributed by atoms with Crippen LogP contribution in [0.3, 0.4) is 0 Å². The van der Waals surface area contributed by atoms with Gasteiger partial charge in [0.05, 0.1) is 24.2 Å². The van der Waals surface area contributed by atoms with E-state index >= 15 is 0 Å². The first-order valence-electron chi connectivity index (χ1n) is 7.93. The number of para-hydroxylation sites is 1. The summed E-state index contributed by atoms with van der Waals surface area (Å²) in [5.74, 6) is -0.547. The predicted molar refractivity (Wildman–Crippen MR) is 106 cm³/mol. The summed E-state index contributed by atoms with van der Waals surface area (Å²) in [6.45, 7) is 3.95. The molecular weight excluding hydrogens is 391 g/mol. The van der Waals surface area contributed by atoms with Crippen molar-refractivity contribution in [1.82, 2.24) is 4.72 Å². The molecule has 0 aliphatic heterocycles. The minimum Gasteiger partial charge on any atom is -0.283 e. The van der Waals surface area contributed by atoms with Gasteiger partial charge in [0.25, 0.3) is 0 Å². The van der Waals surface area contributed by atoms with E-state index in [1.54, 1.807) is 30.3 Å². The Bertz CT molecular complexity index is 1050. The Hall–Kier alpha value is -2.23. The lowest BCUT2D eigenvalue weighted by Crippen LogP contribution is -2.28. The van der Waals surface area contributed by atoms with E-state index in [1.807, 2.05) is 0 Å². The molecule has 2 rings (SSSR count). The molecule has 0 aliphatic carbocycles. The van der Waals surface area contributed by atoms with E-state index in [1.165, 1.54) is 18.2 Å². The summed E-state index contributed by atoms with van der Waals surface area (Å²) in [6, 6.07) is 11.6. The van der Waals surface area contributed by atoms with Gasteiger partial charge < -0.3 is 0 Å². The van der Waals surface area contributed by atoms with E-state index in [0.29, 0.717) is 16.8 Å². The van der Waals surface area contributed by atoms with Crippen LogP contribution >= 0.6 is 0 Å². The molecule has 0 unspecified atom stereocenters. The van der Waals surface area contributed by atoms with Gasteiger partial charge >= 0.3 is 0 Å². The van der Waals surface area contributed by atoms with E-state index in [0.717, 1.165) is 12.5 Å². The SMILES string of the molecule is C=C(C[C@H](NS(C)(=O)=O)c1ccccc1F)c1ccccc1NS(C)(=O)=O. The second kappa shape index (κ2) is 8.20. The summed E-state index contributed by atoms with van der Waals surface area (Å²) < 4.78 is 65.7. The van der Waals surface area contributed by atoms with Gasteiger partial charge in [-0.2, -0.15) is 0 Å². The van der Waals surface area contributed by atoms with Crippen LogP contribution < -0.4 is 9.44 Å². The van der Waals surface area contributed by atoms with Crippen molar-refractivity contribution in [3.8, 4) is 0 Å². The molecule has 146 valence electrons. The molecule has 0 bridgehead atoms. The maximum Gasteiger partial charge on any atom is 0.229 e. The molecule has 0 saturated heterocycles. The molecule has 6 nitrogen and oxygen atoms in total. The average molecular weight is 413 g/mol. The Morgan fingerprint density at radius 3 is 2.19 bits per heavy atom. The standard InChI is InChI=1S/C18H21FN2O4S2/c1-13(14-8-5-7-11-17(14)20-26(2,22)23)12-18(21-27(3,24)25)15-9-4-6-10-16(15)19/h4-11,18,20-21H,1,12H2,2-3H3/t18-/m0/s1. The van der Waals surface area contributed by atoms with E-state index in [-0.39, 0.29) is 12.0 Å². The zero-order valence-corrected chi connectivity index (χ0v) is 16.6. The summed E-state index contributed by atoms with van der Waals surface area (Å²) in [7, 11) is -7.14. The van der Waals surface area contributed by atoms with Gasteiger partial charge in [0, 0.05) is 11.1 Å². The van der Waals surface area contributed by atoms with Gasteiger partial charge in [-0.1, -0.05) is 43.0 Å². The Balaban J connectivity index is 2.39. The van der Waals surface area contributed by atoms with Crippen molar-refractivity contribution >= 4 is 31.3 Å². The van der Waals surface area contributed by atoms with Crippen LogP contribution in [0.1, 0.15) is 23.6 Å². The van der Waals surface area contributed by atoms with Gasteiger partial charge in [-0.05, 0) is 24.1 Å². The molecule has 0 fully saturated rings. The topological polar surface area (TPSA) is 92.3 Å². The second-order valence-corrected chi connectivity index (χ2v) is 9.72. The molecular formula is C18H21FN2O4S2. The fraction of sp³-hybridized carbons (Fsp3) is 0.222.